The highest BCUT2D eigenvalue weighted by atomic mass is 79.9. The monoisotopic (exact) mass is 337 g/mol. The fraction of sp³-hybridized carbons (Fsp3) is 0.267. The second-order valence-electron chi connectivity index (χ2n) is 4.65. The predicted molar refractivity (Wildman–Crippen MR) is 83.8 cm³/mol. The van der Waals surface area contributed by atoms with Crippen LogP contribution in [0, 0.1) is 13.8 Å². The number of amides is 1. The van der Waals surface area contributed by atoms with Gasteiger partial charge in [-0.1, -0.05) is 23.8 Å². The van der Waals surface area contributed by atoms with Crippen LogP contribution in [0.2, 0.25) is 0 Å². The number of hydrogen-bond donors (Lipinski definition) is 1. The molecule has 0 bridgehead atoms. The Morgan fingerprint density at radius 1 is 1.32 bits per heavy atom. The Kier molecular flexibility index (Phi) is 4.42. The number of hydrogen-bond acceptors (Lipinski definition) is 2. The Hall–Kier alpha value is -1.13. The van der Waals surface area contributed by atoms with Gasteiger partial charge in [0.25, 0.3) is 5.91 Å². The van der Waals surface area contributed by atoms with Gasteiger partial charge in [0.2, 0.25) is 0 Å². The molecule has 1 N–H and O–H groups in total. The topological polar surface area (TPSA) is 29.1 Å². The Morgan fingerprint density at radius 3 is 2.63 bits per heavy atom. The van der Waals surface area contributed by atoms with Crippen LogP contribution < -0.4 is 5.32 Å². The summed E-state index contributed by atoms with van der Waals surface area (Å²) in [5.41, 5.74) is 3.60. The maximum atomic E-state index is 12.2. The molecule has 0 fully saturated rings. The molecule has 100 valence electrons. The van der Waals surface area contributed by atoms with Crippen LogP contribution in [-0.4, -0.2) is 5.91 Å². The number of nitrogens with one attached hydrogen (secondary N) is 1. The number of aryl methyl sites for hydroxylation is 2. The Labute approximate surface area is 126 Å². The first kappa shape index (κ1) is 14.3. The number of benzene rings is 1. The lowest BCUT2D eigenvalue weighted by Crippen LogP contribution is -2.26. The fourth-order valence-corrected chi connectivity index (χ4v) is 3.56. The maximum Gasteiger partial charge on any atom is 0.262 e. The summed E-state index contributed by atoms with van der Waals surface area (Å²) in [4.78, 5) is 12.9. The zero-order valence-electron chi connectivity index (χ0n) is 11.2. The summed E-state index contributed by atoms with van der Waals surface area (Å²) in [5.74, 6) is -0.0330. The molecule has 1 aromatic heterocycles. The van der Waals surface area contributed by atoms with Crippen molar-refractivity contribution in [2.75, 3.05) is 0 Å². The first-order valence-electron chi connectivity index (χ1n) is 6.10. The molecule has 1 atom stereocenters. The summed E-state index contributed by atoms with van der Waals surface area (Å²) in [6.45, 7) is 6.16. The molecular weight excluding hydrogens is 322 g/mol. The van der Waals surface area contributed by atoms with Crippen LogP contribution in [-0.2, 0) is 0 Å². The van der Waals surface area contributed by atoms with Crippen LogP contribution in [0.25, 0.3) is 0 Å². The lowest BCUT2D eigenvalue weighted by atomic mass is 10.0. The number of carbonyl (C=O) groups is 1. The molecule has 1 amide bonds. The summed E-state index contributed by atoms with van der Waals surface area (Å²) in [6.07, 6.45) is 0. The second-order valence-corrected chi connectivity index (χ2v) is 6.42. The minimum absolute atomic E-state index is 0.00194. The van der Waals surface area contributed by atoms with Gasteiger partial charge in [-0.15, -0.1) is 11.3 Å². The molecule has 0 aliphatic heterocycles. The Balaban J connectivity index is 2.15. The van der Waals surface area contributed by atoms with E-state index in [9.17, 15) is 4.79 Å². The zero-order valence-corrected chi connectivity index (χ0v) is 13.6. The van der Waals surface area contributed by atoms with Crippen molar-refractivity contribution in [3.05, 3.63) is 55.7 Å². The summed E-state index contributed by atoms with van der Waals surface area (Å²) < 4.78 is 0.850. The van der Waals surface area contributed by atoms with Gasteiger partial charge in [0.15, 0.2) is 0 Å². The van der Waals surface area contributed by atoms with Crippen molar-refractivity contribution in [2.45, 2.75) is 26.8 Å². The molecule has 1 aromatic carbocycles. The first-order valence-corrected chi connectivity index (χ1v) is 7.77. The normalized spacial score (nSPS) is 12.2. The molecule has 2 rings (SSSR count). The van der Waals surface area contributed by atoms with Crippen LogP contribution in [0.4, 0.5) is 0 Å². The predicted octanol–water partition coefficient (Wildman–Crippen LogP) is 4.62. The maximum absolute atomic E-state index is 12.2. The average molecular weight is 338 g/mol. The van der Waals surface area contributed by atoms with E-state index in [2.05, 4.69) is 53.3 Å². The van der Waals surface area contributed by atoms with E-state index in [0.717, 1.165) is 14.9 Å². The van der Waals surface area contributed by atoms with Gasteiger partial charge in [-0.2, -0.15) is 0 Å². The fourth-order valence-electron chi connectivity index (χ4n) is 2.11. The van der Waals surface area contributed by atoms with Gasteiger partial charge in [0.1, 0.15) is 4.88 Å². The summed E-state index contributed by atoms with van der Waals surface area (Å²) in [7, 11) is 0. The molecule has 4 heteroatoms. The smallest absolute Gasteiger partial charge is 0.262 e. The first-order chi connectivity index (χ1) is 8.99. The highest BCUT2D eigenvalue weighted by molar-refractivity contribution is 9.10. The van der Waals surface area contributed by atoms with Crippen LogP contribution >= 0.6 is 27.3 Å². The van der Waals surface area contributed by atoms with Gasteiger partial charge in [0, 0.05) is 4.47 Å². The molecule has 1 heterocycles. The van der Waals surface area contributed by atoms with Gasteiger partial charge in [0.05, 0.1) is 6.04 Å². The van der Waals surface area contributed by atoms with Crippen molar-refractivity contribution in [1.29, 1.82) is 0 Å². The standard InChI is InChI=1S/C15H16BrNOS/c1-9-4-5-12(10(2)8-9)11(3)17-15(18)14-13(16)6-7-19-14/h4-8,11H,1-3H3,(H,17,18). The number of thiophene rings is 1. The molecule has 0 spiro atoms. The van der Waals surface area contributed by atoms with Crippen LogP contribution in [0.1, 0.15) is 39.3 Å². The third-order valence-electron chi connectivity index (χ3n) is 3.06. The molecule has 1 unspecified atom stereocenters. The molecule has 0 aliphatic carbocycles. The lowest BCUT2D eigenvalue weighted by Gasteiger charge is -2.16. The summed E-state index contributed by atoms with van der Waals surface area (Å²) in [5, 5.41) is 4.94. The van der Waals surface area contributed by atoms with E-state index < -0.39 is 0 Å². The highest BCUT2D eigenvalue weighted by Gasteiger charge is 2.16. The largest absolute Gasteiger partial charge is 0.345 e. The molecule has 0 saturated carbocycles. The van der Waals surface area contributed by atoms with Gasteiger partial charge in [-0.25, -0.2) is 0 Å². The highest BCUT2D eigenvalue weighted by Crippen LogP contribution is 2.24. The van der Waals surface area contributed by atoms with E-state index in [1.165, 1.54) is 22.5 Å². The van der Waals surface area contributed by atoms with E-state index in [1.54, 1.807) is 0 Å². The number of halogens is 1. The third kappa shape index (κ3) is 3.25. The van der Waals surface area contributed by atoms with Crippen LogP contribution in [0.3, 0.4) is 0 Å². The minimum atomic E-state index is -0.0330. The lowest BCUT2D eigenvalue weighted by molar-refractivity contribution is 0.0943. The van der Waals surface area contributed by atoms with E-state index in [0.29, 0.717) is 0 Å². The summed E-state index contributed by atoms with van der Waals surface area (Å²) in [6, 6.07) is 8.19. The minimum Gasteiger partial charge on any atom is -0.345 e. The molecule has 2 nitrogen and oxygen atoms in total. The van der Waals surface area contributed by atoms with Crippen LogP contribution in [0.5, 0.6) is 0 Å². The molecule has 0 radical (unpaired) electrons. The molecule has 0 aliphatic rings. The SMILES string of the molecule is Cc1ccc(C(C)NC(=O)c2sccc2Br)c(C)c1. The van der Waals surface area contributed by atoms with E-state index >= 15 is 0 Å². The molecular formula is C15H16BrNOS. The van der Waals surface area contributed by atoms with Gasteiger partial charge in [-0.3, -0.25) is 4.79 Å². The van der Waals surface area contributed by atoms with Crippen molar-refractivity contribution >= 4 is 33.2 Å². The second kappa shape index (κ2) is 5.88. The van der Waals surface area contributed by atoms with Crippen molar-refractivity contribution in [2.24, 2.45) is 0 Å². The van der Waals surface area contributed by atoms with E-state index in [4.69, 9.17) is 0 Å². The Morgan fingerprint density at radius 2 is 2.05 bits per heavy atom. The zero-order chi connectivity index (χ0) is 14.0. The molecule has 0 saturated heterocycles. The quantitative estimate of drug-likeness (QED) is 0.869. The molecule has 2 aromatic rings. The van der Waals surface area contributed by atoms with Gasteiger partial charge in [-0.05, 0) is 59.3 Å². The Bertz CT molecular complexity index is 606. The third-order valence-corrected chi connectivity index (χ3v) is 4.90. The van der Waals surface area contributed by atoms with E-state index in [-0.39, 0.29) is 11.9 Å². The summed E-state index contributed by atoms with van der Waals surface area (Å²) >= 11 is 4.83. The van der Waals surface area contributed by atoms with E-state index in [1.807, 2.05) is 18.4 Å². The van der Waals surface area contributed by atoms with Crippen molar-refractivity contribution in [1.82, 2.24) is 5.32 Å². The molecule has 19 heavy (non-hydrogen) atoms. The van der Waals surface area contributed by atoms with Gasteiger partial charge < -0.3 is 5.32 Å². The number of rotatable bonds is 3. The van der Waals surface area contributed by atoms with Crippen LogP contribution in [0.15, 0.2) is 34.1 Å². The van der Waals surface area contributed by atoms with Crippen molar-refractivity contribution < 1.29 is 4.79 Å². The van der Waals surface area contributed by atoms with Crippen molar-refractivity contribution in [3.8, 4) is 0 Å². The van der Waals surface area contributed by atoms with Crippen molar-refractivity contribution in [3.63, 3.8) is 0 Å². The average Bonchev–Trinajstić information content (AvgIpc) is 2.75. The number of carbonyl (C=O) groups excluding carboxylic acids is 1. The van der Waals surface area contributed by atoms with Gasteiger partial charge >= 0.3 is 0 Å².